The number of anilines is 1. The van der Waals surface area contributed by atoms with Crippen molar-refractivity contribution in [1.82, 2.24) is 20.3 Å². The lowest BCUT2D eigenvalue weighted by molar-refractivity contribution is 0.252. The molecule has 0 spiro atoms. The number of benzene rings is 2. The van der Waals surface area contributed by atoms with Crippen LogP contribution in [0, 0.1) is 0 Å². The van der Waals surface area contributed by atoms with Crippen LogP contribution in [0.1, 0.15) is 46.1 Å². The zero-order chi connectivity index (χ0) is 21.2. The molecule has 0 fully saturated rings. The minimum Gasteiger partial charge on any atom is -0.504 e. The highest BCUT2D eigenvalue weighted by Gasteiger charge is 2.24. The minimum atomic E-state index is -0.370. The van der Waals surface area contributed by atoms with Gasteiger partial charge in [0.25, 0.3) is 0 Å². The first-order chi connectivity index (χ1) is 13.7. The Morgan fingerprint density at radius 1 is 1.17 bits per heavy atom. The second-order valence-electron chi connectivity index (χ2n) is 7.63. The molecule has 2 amide bonds. The maximum atomic E-state index is 12.2. The van der Waals surface area contributed by atoms with Gasteiger partial charge in [-0.3, -0.25) is 0 Å². The van der Waals surface area contributed by atoms with Gasteiger partial charge in [0.2, 0.25) is 0 Å². The number of aromatic hydroxyl groups is 1. The van der Waals surface area contributed by atoms with Crippen LogP contribution in [0.4, 0.5) is 10.5 Å². The third-order valence-corrected chi connectivity index (χ3v) is 5.33. The highest BCUT2D eigenvalue weighted by molar-refractivity contribution is 6.31. The summed E-state index contributed by atoms with van der Waals surface area (Å²) < 4.78 is 0. The fourth-order valence-corrected chi connectivity index (χ4v) is 3.03. The standard InChI is InChI=1S/C21H26ClN5O2/c1-5-9-23-20(29)24-17-10-13(21(3,4)6-2)11-18(19(17)28)27-25-15-8-7-14(22)12-16(15)26-27/h7-8,10-12,28H,5-6,9H2,1-4H3,(H2,23,24,29). The SMILES string of the molecule is CCCNC(=O)Nc1cc(C(C)(C)CC)cc(-n2nc3ccc(Cl)cc3n2)c1O. The third kappa shape index (κ3) is 4.45. The lowest BCUT2D eigenvalue weighted by atomic mass is 9.81. The number of fused-ring (bicyclic) bond motifs is 1. The summed E-state index contributed by atoms with van der Waals surface area (Å²) in [5.74, 6) is -0.0984. The van der Waals surface area contributed by atoms with Crippen LogP contribution in [-0.2, 0) is 5.41 Å². The Labute approximate surface area is 175 Å². The fraction of sp³-hybridized carbons (Fsp3) is 0.381. The molecule has 154 valence electrons. The van der Waals surface area contributed by atoms with Crippen molar-refractivity contribution >= 4 is 34.4 Å². The number of carbonyl (C=O) groups excluding carboxylic acids is 1. The van der Waals surface area contributed by atoms with Crippen LogP contribution < -0.4 is 10.6 Å². The molecule has 7 nitrogen and oxygen atoms in total. The van der Waals surface area contributed by atoms with Crippen molar-refractivity contribution in [1.29, 1.82) is 0 Å². The fourth-order valence-electron chi connectivity index (χ4n) is 2.86. The molecule has 2 aromatic carbocycles. The van der Waals surface area contributed by atoms with Crippen molar-refractivity contribution in [3.05, 3.63) is 40.9 Å². The van der Waals surface area contributed by atoms with Crippen LogP contribution in [0.5, 0.6) is 5.75 Å². The molecule has 8 heteroatoms. The number of rotatable bonds is 6. The van der Waals surface area contributed by atoms with Crippen molar-refractivity contribution in [2.24, 2.45) is 0 Å². The molecule has 3 N–H and O–H groups in total. The van der Waals surface area contributed by atoms with Crippen molar-refractivity contribution in [3.8, 4) is 11.4 Å². The Morgan fingerprint density at radius 3 is 2.59 bits per heavy atom. The van der Waals surface area contributed by atoms with Gasteiger partial charge in [0.05, 0.1) is 5.69 Å². The molecular formula is C21H26ClN5O2. The van der Waals surface area contributed by atoms with Crippen molar-refractivity contribution in [2.75, 3.05) is 11.9 Å². The number of phenols is 1. The number of hydrogen-bond acceptors (Lipinski definition) is 4. The number of amides is 2. The van der Waals surface area contributed by atoms with E-state index < -0.39 is 0 Å². The molecule has 0 aliphatic heterocycles. The lowest BCUT2D eigenvalue weighted by Crippen LogP contribution is -2.29. The summed E-state index contributed by atoms with van der Waals surface area (Å²) in [6.07, 6.45) is 1.70. The maximum absolute atomic E-state index is 12.2. The first-order valence-electron chi connectivity index (χ1n) is 9.70. The van der Waals surface area contributed by atoms with Crippen molar-refractivity contribution in [2.45, 2.75) is 46.0 Å². The average Bonchev–Trinajstić information content (AvgIpc) is 3.10. The minimum absolute atomic E-state index is 0.0984. The molecule has 0 bridgehead atoms. The molecule has 0 unspecified atom stereocenters. The molecule has 1 heterocycles. The van der Waals surface area contributed by atoms with Crippen LogP contribution in [0.2, 0.25) is 5.02 Å². The van der Waals surface area contributed by atoms with Gasteiger partial charge in [-0.05, 0) is 54.2 Å². The number of phenolic OH excluding ortho intramolecular Hbond substituents is 1. The highest BCUT2D eigenvalue weighted by Crippen LogP contribution is 2.37. The monoisotopic (exact) mass is 415 g/mol. The Kier molecular flexibility index (Phi) is 5.98. The molecule has 0 atom stereocenters. The van der Waals surface area contributed by atoms with E-state index >= 15 is 0 Å². The maximum Gasteiger partial charge on any atom is 0.319 e. The van der Waals surface area contributed by atoms with E-state index in [0.717, 1.165) is 18.4 Å². The van der Waals surface area contributed by atoms with Crippen LogP contribution >= 0.6 is 11.6 Å². The number of hydrogen-bond donors (Lipinski definition) is 3. The summed E-state index contributed by atoms with van der Waals surface area (Å²) in [5.41, 5.74) is 2.76. The predicted molar refractivity (Wildman–Crippen MR) is 116 cm³/mol. The molecule has 3 aromatic rings. The van der Waals surface area contributed by atoms with E-state index in [1.807, 2.05) is 13.0 Å². The van der Waals surface area contributed by atoms with E-state index in [0.29, 0.717) is 34.0 Å². The Bertz CT molecular complexity index is 1040. The number of halogens is 1. The van der Waals surface area contributed by atoms with Crippen molar-refractivity contribution < 1.29 is 9.90 Å². The summed E-state index contributed by atoms with van der Waals surface area (Å²) in [6.45, 7) is 8.83. The second kappa shape index (κ2) is 8.29. The first-order valence-corrected chi connectivity index (χ1v) is 10.1. The zero-order valence-corrected chi connectivity index (χ0v) is 17.8. The largest absolute Gasteiger partial charge is 0.504 e. The smallest absolute Gasteiger partial charge is 0.319 e. The van der Waals surface area contributed by atoms with E-state index in [1.54, 1.807) is 24.3 Å². The van der Waals surface area contributed by atoms with Crippen LogP contribution in [0.15, 0.2) is 30.3 Å². The van der Waals surface area contributed by atoms with E-state index in [2.05, 4.69) is 41.6 Å². The number of aromatic nitrogens is 3. The Balaban J connectivity index is 2.12. The normalized spacial score (nSPS) is 11.6. The zero-order valence-electron chi connectivity index (χ0n) is 17.1. The number of carbonyl (C=O) groups is 1. The number of nitrogens with one attached hydrogen (secondary N) is 2. The highest BCUT2D eigenvalue weighted by atomic mass is 35.5. The lowest BCUT2D eigenvalue weighted by Gasteiger charge is -2.25. The number of urea groups is 1. The van der Waals surface area contributed by atoms with Gasteiger partial charge >= 0.3 is 6.03 Å². The Morgan fingerprint density at radius 2 is 1.90 bits per heavy atom. The molecule has 0 saturated carbocycles. The summed E-state index contributed by atoms with van der Waals surface area (Å²) in [7, 11) is 0. The quantitative estimate of drug-likeness (QED) is 0.494. The summed E-state index contributed by atoms with van der Waals surface area (Å²) in [6, 6.07) is 8.52. The topological polar surface area (TPSA) is 92.1 Å². The van der Waals surface area contributed by atoms with E-state index in [1.165, 1.54) is 4.80 Å². The van der Waals surface area contributed by atoms with Gasteiger partial charge in [-0.25, -0.2) is 4.79 Å². The molecule has 29 heavy (non-hydrogen) atoms. The average molecular weight is 416 g/mol. The van der Waals surface area contributed by atoms with Crippen molar-refractivity contribution in [3.63, 3.8) is 0 Å². The summed E-state index contributed by atoms with van der Waals surface area (Å²) in [4.78, 5) is 13.6. The van der Waals surface area contributed by atoms with Gasteiger partial charge in [0, 0.05) is 11.6 Å². The first kappa shape index (κ1) is 20.9. The molecule has 0 aliphatic carbocycles. The van der Waals surface area contributed by atoms with Gasteiger partial charge in [0.15, 0.2) is 5.75 Å². The summed E-state index contributed by atoms with van der Waals surface area (Å²) >= 11 is 6.05. The van der Waals surface area contributed by atoms with Crippen LogP contribution in [0.3, 0.4) is 0 Å². The van der Waals surface area contributed by atoms with Crippen LogP contribution in [-0.4, -0.2) is 32.7 Å². The summed E-state index contributed by atoms with van der Waals surface area (Å²) in [5, 5.41) is 25.9. The Hall–Kier alpha value is -2.80. The van der Waals surface area contributed by atoms with Gasteiger partial charge in [-0.1, -0.05) is 39.3 Å². The molecular weight excluding hydrogens is 390 g/mol. The number of nitrogens with zero attached hydrogens (tertiary/aromatic N) is 3. The molecule has 3 rings (SSSR count). The third-order valence-electron chi connectivity index (χ3n) is 5.10. The van der Waals surface area contributed by atoms with E-state index in [-0.39, 0.29) is 17.2 Å². The van der Waals surface area contributed by atoms with Crippen LogP contribution in [0.25, 0.3) is 16.7 Å². The second-order valence-corrected chi connectivity index (χ2v) is 8.07. The van der Waals surface area contributed by atoms with Gasteiger partial charge in [-0.15, -0.1) is 15.0 Å². The molecule has 0 saturated heterocycles. The predicted octanol–water partition coefficient (Wildman–Crippen LogP) is 5.00. The van der Waals surface area contributed by atoms with Gasteiger partial charge in [-0.2, -0.15) is 0 Å². The van der Waals surface area contributed by atoms with Gasteiger partial charge in [0.1, 0.15) is 16.7 Å². The van der Waals surface area contributed by atoms with E-state index in [4.69, 9.17) is 11.6 Å². The molecule has 0 aliphatic rings. The molecule has 0 radical (unpaired) electrons. The molecule has 1 aromatic heterocycles. The van der Waals surface area contributed by atoms with Gasteiger partial charge < -0.3 is 15.7 Å². The van der Waals surface area contributed by atoms with E-state index in [9.17, 15) is 9.90 Å².